The van der Waals surface area contributed by atoms with E-state index in [1.165, 1.54) is 0 Å². The van der Waals surface area contributed by atoms with Crippen LogP contribution in [0.3, 0.4) is 0 Å². The van der Waals surface area contributed by atoms with Crippen LogP contribution in [0.4, 0.5) is 5.69 Å². The van der Waals surface area contributed by atoms with Crippen molar-refractivity contribution in [2.45, 2.75) is 18.8 Å². The summed E-state index contributed by atoms with van der Waals surface area (Å²) in [6.07, 6.45) is 2.15. The van der Waals surface area contributed by atoms with Crippen LogP contribution in [0, 0.1) is 0 Å². The zero-order valence-corrected chi connectivity index (χ0v) is 6.37. The maximum atomic E-state index is 10.5. The van der Waals surface area contributed by atoms with E-state index in [9.17, 15) is 4.79 Å². The van der Waals surface area contributed by atoms with E-state index in [-0.39, 0.29) is 5.69 Å². The first-order chi connectivity index (χ1) is 5.70. The smallest absolute Gasteiger partial charge is 0.358 e. The summed E-state index contributed by atoms with van der Waals surface area (Å²) in [4.78, 5) is 10.5. The highest BCUT2D eigenvalue weighted by Crippen LogP contribution is 2.42. The van der Waals surface area contributed by atoms with Gasteiger partial charge >= 0.3 is 5.97 Å². The highest BCUT2D eigenvalue weighted by molar-refractivity contribution is 5.92. The number of nitrogens with zero attached hydrogens (tertiary/aromatic N) is 1. The molecule has 0 amide bonds. The molecule has 1 aromatic rings. The van der Waals surface area contributed by atoms with Crippen LogP contribution in [0.25, 0.3) is 0 Å². The first-order valence-corrected chi connectivity index (χ1v) is 3.77. The zero-order valence-electron chi connectivity index (χ0n) is 6.37. The molecule has 0 radical (unpaired) electrons. The number of carboxylic acids is 1. The van der Waals surface area contributed by atoms with Crippen LogP contribution in [-0.4, -0.2) is 21.3 Å². The lowest BCUT2D eigenvalue weighted by Gasteiger charge is -1.93. The molecule has 0 bridgehead atoms. The van der Waals surface area contributed by atoms with E-state index >= 15 is 0 Å². The summed E-state index contributed by atoms with van der Waals surface area (Å²) in [5.41, 5.74) is 6.59. The highest BCUT2D eigenvalue weighted by atomic mass is 16.4. The maximum Gasteiger partial charge on any atom is 0.358 e. The van der Waals surface area contributed by atoms with Gasteiger partial charge in [0.15, 0.2) is 5.69 Å². The molecule has 2 rings (SSSR count). The summed E-state index contributed by atoms with van der Waals surface area (Å²) in [5.74, 6) is -0.666. The van der Waals surface area contributed by atoms with Gasteiger partial charge in [-0.05, 0) is 12.8 Å². The molecule has 0 spiro atoms. The topological polar surface area (TPSA) is 92.0 Å². The molecule has 1 saturated carbocycles. The van der Waals surface area contributed by atoms with Crippen LogP contribution in [-0.2, 0) is 0 Å². The second-order valence-electron chi connectivity index (χ2n) is 2.98. The number of aromatic amines is 1. The molecule has 0 aromatic carbocycles. The van der Waals surface area contributed by atoms with E-state index in [2.05, 4.69) is 10.2 Å². The Hall–Kier alpha value is -1.52. The van der Waals surface area contributed by atoms with Crippen molar-refractivity contribution in [2.75, 3.05) is 5.73 Å². The molecule has 64 valence electrons. The molecule has 1 aliphatic rings. The fraction of sp³-hybridized carbons (Fsp3) is 0.429. The third-order valence-corrected chi connectivity index (χ3v) is 2.02. The minimum absolute atomic E-state index is 0.0584. The lowest BCUT2D eigenvalue weighted by molar-refractivity contribution is 0.0691. The minimum Gasteiger partial charge on any atom is -0.476 e. The highest BCUT2D eigenvalue weighted by Gasteiger charge is 2.30. The van der Waals surface area contributed by atoms with Gasteiger partial charge in [0.1, 0.15) is 0 Å². The first kappa shape index (κ1) is 7.15. The summed E-state index contributed by atoms with van der Waals surface area (Å²) >= 11 is 0. The standard InChI is InChI=1S/C7H9N3O2/c8-4-5(3-1-2-3)9-10-6(4)7(11)12/h3H,1-2,8H2,(H,9,10)(H,11,12). The maximum absolute atomic E-state index is 10.5. The molecule has 1 aromatic heterocycles. The Bertz CT molecular complexity index is 327. The van der Waals surface area contributed by atoms with Gasteiger partial charge in [-0.1, -0.05) is 0 Å². The average molecular weight is 167 g/mol. The van der Waals surface area contributed by atoms with E-state index in [0.29, 0.717) is 11.6 Å². The van der Waals surface area contributed by atoms with Crippen LogP contribution in [0.1, 0.15) is 34.9 Å². The Morgan fingerprint density at radius 3 is 2.75 bits per heavy atom. The molecule has 5 heteroatoms. The van der Waals surface area contributed by atoms with Crippen molar-refractivity contribution in [2.24, 2.45) is 0 Å². The number of carbonyl (C=O) groups is 1. The van der Waals surface area contributed by atoms with Crippen molar-refractivity contribution in [3.63, 3.8) is 0 Å². The van der Waals surface area contributed by atoms with Crippen molar-refractivity contribution in [1.29, 1.82) is 0 Å². The molecule has 5 nitrogen and oxygen atoms in total. The monoisotopic (exact) mass is 167 g/mol. The molecular formula is C7H9N3O2. The van der Waals surface area contributed by atoms with Gasteiger partial charge in [-0.25, -0.2) is 4.79 Å². The van der Waals surface area contributed by atoms with Crippen molar-refractivity contribution in [1.82, 2.24) is 10.2 Å². The quantitative estimate of drug-likeness (QED) is 0.600. The van der Waals surface area contributed by atoms with Crippen molar-refractivity contribution < 1.29 is 9.90 Å². The fourth-order valence-electron chi connectivity index (χ4n) is 1.21. The SMILES string of the molecule is Nc1c(C(=O)O)n[nH]c1C1CC1. The second kappa shape index (κ2) is 2.23. The van der Waals surface area contributed by atoms with E-state index in [1.54, 1.807) is 0 Å². The number of rotatable bonds is 2. The summed E-state index contributed by atoms with van der Waals surface area (Å²) in [6, 6.07) is 0. The predicted octanol–water partition coefficient (Wildman–Crippen LogP) is 0.567. The molecule has 12 heavy (non-hydrogen) atoms. The second-order valence-corrected chi connectivity index (χ2v) is 2.98. The molecule has 0 atom stereocenters. The summed E-state index contributed by atoms with van der Waals surface area (Å²) < 4.78 is 0. The first-order valence-electron chi connectivity index (χ1n) is 3.77. The van der Waals surface area contributed by atoms with Crippen LogP contribution in [0.15, 0.2) is 0 Å². The van der Waals surface area contributed by atoms with E-state index in [0.717, 1.165) is 18.5 Å². The van der Waals surface area contributed by atoms with Gasteiger partial charge in [-0.2, -0.15) is 5.10 Å². The Kier molecular flexibility index (Phi) is 1.33. The molecule has 4 N–H and O–H groups in total. The van der Waals surface area contributed by atoms with Gasteiger partial charge in [-0.15, -0.1) is 0 Å². The van der Waals surface area contributed by atoms with Crippen LogP contribution < -0.4 is 5.73 Å². The molecule has 0 unspecified atom stereocenters. The number of hydrogen-bond donors (Lipinski definition) is 3. The number of H-pyrrole nitrogens is 1. The number of carboxylic acid groups (broad SMARTS) is 1. The van der Waals surface area contributed by atoms with Gasteiger partial charge in [0.05, 0.1) is 11.4 Å². The number of anilines is 1. The number of nitrogen functional groups attached to an aromatic ring is 1. The lowest BCUT2D eigenvalue weighted by Crippen LogP contribution is -2.01. The molecule has 0 saturated heterocycles. The number of aromatic nitrogens is 2. The largest absolute Gasteiger partial charge is 0.476 e. The Labute approximate surface area is 68.6 Å². The van der Waals surface area contributed by atoms with Crippen molar-refractivity contribution in [3.05, 3.63) is 11.4 Å². The molecule has 1 aliphatic carbocycles. The van der Waals surface area contributed by atoms with E-state index in [4.69, 9.17) is 10.8 Å². The predicted molar refractivity (Wildman–Crippen MR) is 41.9 cm³/mol. The van der Waals surface area contributed by atoms with Crippen molar-refractivity contribution >= 4 is 11.7 Å². The molecular weight excluding hydrogens is 158 g/mol. The number of nitrogens with one attached hydrogen (secondary N) is 1. The number of aromatic carboxylic acids is 1. The summed E-state index contributed by atoms with van der Waals surface area (Å²) in [5, 5.41) is 14.9. The third-order valence-electron chi connectivity index (χ3n) is 2.02. The van der Waals surface area contributed by atoms with Gasteiger partial charge in [0.25, 0.3) is 0 Å². The zero-order chi connectivity index (χ0) is 8.72. The molecule has 0 aliphatic heterocycles. The summed E-state index contributed by atoms with van der Waals surface area (Å²) in [7, 11) is 0. The Morgan fingerprint density at radius 2 is 2.33 bits per heavy atom. The van der Waals surface area contributed by atoms with Crippen LogP contribution in [0.5, 0.6) is 0 Å². The van der Waals surface area contributed by atoms with Gasteiger partial charge in [-0.3, -0.25) is 5.10 Å². The van der Waals surface area contributed by atoms with Gasteiger partial charge < -0.3 is 10.8 Å². The van der Waals surface area contributed by atoms with Crippen LogP contribution >= 0.6 is 0 Å². The Balaban J connectivity index is 2.39. The van der Waals surface area contributed by atoms with Crippen LogP contribution in [0.2, 0.25) is 0 Å². The van der Waals surface area contributed by atoms with E-state index in [1.807, 2.05) is 0 Å². The summed E-state index contributed by atoms with van der Waals surface area (Å²) in [6.45, 7) is 0. The fourth-order valence-corrected chi connectivity index (χ4v) is 1.21. The molecule has 1 fully saturated rings. The minimum atomic E-state index is -1.07. The van der Waals surface area contributed by atoms with Gasteiger partial charge in [0.2, 0.25) is 0 Å². The number of hydrogen-bond acceptors (Lipinski definition) is 3. The Morgan fingerprint density at radius 1 is 1.67 bits per heavy atom. The molecule has 1 heterocycles. The van der Waals surface area contributed by atoms with Crippen molar-refractivity contribution in [3.8, 4) is 0 Å². The lowest BCUT2D eigenvalue weighted by atomic mass is 10.2. The normalized spacial score (nSPS) is 16.3. The number of nitrogens with two attached hydrogens (primary N) is 1. The third kappa shape index (κ3) is 0.939. The average Bonchev–Trinajstić information content (AvgIpc) is 2.75. The van der Waals surface area contributed by atoms with Gasteiger partial charge in [0, 0.05) is 5.92 Å². The van der Waals surface area contributed by atoms with E-state index < -0.39 is 5.97 Å².